The van der Waals surface area contributed by atoms with E-state index in [0.29, 0.717) is 23.3 Å². The third-order valence-corrected chi connectivity index (χ3v) is 5.70. The molecular formula is C27H21F6NO3. The van der Waals surface area contributed by atoms with Crippen molar-refractivity contribution in [3.8, 4) is 0 Å². The summed E-state index contributed by atoms with van der Waals surface area (Å²) < 4.78 is 80.2. The number of rotatable bonds is 7. The molecular weight excluding hydrogens is 500 g/mol. The van der Waals surface area contributed by atoms with Crippen LogP contribution in [0.5, 0.6) is 0 Å². The monoisotopic (exact) mass is 521 g/mol. The van der Waals surface area contributed by atoms with E-state index in [-0.39, 0.29) is 6.07 Å². The average molecular weight is 521 g/mol. The first kappa shape index (κ1) is 27.5. The standard InChI is InChI=1S/C27H21F6NO3/c1-34(25(37)19-14-20(26(28,29)30)16-21(15-19)27(31,32)33)22(12-13-23(35)36)24(17-8-4-2-5-9-17)18-10-6-3-7-11-18/h2-16,22,24H,1H3,(H,35,36)/t22-/m1/s1. The number of nitrogens with zero attached hydrogens (tertiary/aromatic N) is 1. The summed E-state index contributed by atoms with van der Waals surface area (Å²) in [6.07, 6.45) is -8.30. The molecule has 0 saturated carbocycles. The molecule has 3 rings (SSSR count). The third-order valence-electron chi connectivity index (χ3n) is 5.70. The van der Waals surface area contributed by atoms with Crippen LogP contribution >= 0.6 is 0 Å². The highest BCUT2D eigenvalue weighted by Crippen LogP contribution is 2.37. The summed E-state index contributed by atoms with van der Waals surface area (Å²) >= 11 is 0. The van der Waals surface area contributed by atoms with Crippen LogP contribution in [-0.4, -0.2) is 35.0 Å². The van der Waals surface area contributed by atoms with Crippen molar-refractivity contribution < 1.29 is 41.0 Å². The molecule has 0 fully saturated rings. The maximum atomic E-state index is 13.4. The predicted molar refractivity (Wildman–Crippen MR) is 124 cm³/mol. The van der Waals surface area contributed by atoms with Crippen LogP contribution in [0.15, 0.2) is 91.0 Å². The Hall–Kier alpha value is -4.08. The van der Waals surface area contributed by atoms with Crippen LogP contribution in [0.2, 0.25) is 0 Å². The van der Waals surface area contributed by atoms with Gasteiger partial charge in [-0.05, 0) is 29.3 Å². The summed E-state index contributed by atoms with van der Waals surface area (Å²) in [6, 6.07) is 16.8. The molecule has 0 saturated heterocycles. The highest BCUT2D eigenvalue weighted by molar-refractivity contribution is 5.95. The van der Waals surface area contributed by atoms with Crippen LogP contribution in [0.25, 0.3) is 0 Å². The smallest absolute Gasteiger partial charge is 0.416 e. The Labute approximate surface area is 208 Å². The zero-order chi connectivity index (χ0) is 27.4. The Morgan fingerprint density at radius 3 is 1.59 bits per heavy atom. The second kappa shape index (κ2) is 10.9. The average Bonchev–Trinajstić information content (AvgIpc) is 2.85. The number of benzene rings is 3. The number of alkyl halides is 6. The SMILES string of the molecule is CN(C(=O)c1cc(C(F)(F)F)cc(C(F)(F)F)c1)[C@H](C=CC(=O)O)C(c1ccccc1)c1ccccc1. The van der Waals surface area contributed by atoms with Gasteiger partial charge in [-0.1, -0.05) is 66.7 Å². The Kier molecular flexibility index (Phi) is 8.10. The number of amides is 1. The summed E-state index contributed by atoms with van der Waals surface area (Å²) in [5.41, 5.74) is -2.79. The van der Waals surface area contributed by atoms with E-state index < -0.39 is 52.9 Å². The van der Waals surface area contributed by atoms with Gasteiger partial charge in [0.25, 0.3) is 5.91 Å². The molecule has 1 amide bonds. The van der Waals surface area contributed by atoms with Crippen molar-refractivity contribution in [3.63, 3.8) is 0 Å². The van der Waals surface area contributed by atoms with E-state index in [9.17, 15) is 41.0 Å². The van der Waals surface area contributed by atoms with Gasteiger partial charge in [0.2, 0.25) is 0 Å². The minimum atomic E-state index is -5.13. The first-order chi connectivity index (χ1) is 17.3. The van der Waals surface area contributed by atoms with Crippen molar-refractivity contribution in [2.45, 2.75) is 24.3 Å². The first-order valence-electron chi connectivity index (χ1n) is 10.9. The van der Waals surface area contributed by atoms with E-state index in [1.54, 1.807) is 60.7 Å². The minimum Gasteiger partial charge on any atom is -0.478 e. The molecule has 0 radical (unpaired) electrons. The van der Waals surface area contributed by atoms with Crippen molar-refractivity contribution in [2.24, 2.45) is 0 Å². The van der Waals surface area contributed by atoms with Gasteiger partial charge in [-0.3, -0.25) is 4.79 Å². The summed E-state index contributed by atoms with van der Waals surface area (Å²) in [5.74, 6) is -3.18. The fourth-order valence-electron chi connectivity index (χ4n) is 3.97. The lowest BCUT2D eigenvalue weighted by atomic mass is 9.83. The lowest BCUT2D eigenvalue weighted by molar-refractivity contribution is -0.143. The quantitative estimate of drug-likeness (QED) is 0.280. The summed E-state index contributed by atoms with van der Waals surface area (Å²) in [7, 11) is 1.20. The van der Waals surface area contributed by atoms with Gasteiger partial charge >= 0.3 is 18.3 Å². The van der Waals surface area contributed by atoms with Crippen molar-refractivity contribution in [1.29, 1.82) is 0 Å². The fraction of sp³-hybridized carbons (Fsp3) is 0.185. The molecule has 194 valence electrons. The molecule has 0 aliphatic carbocycles. The Bertz CT molecular complexity index is 1200. The predicted octanol–water partition coefficient (Wildman–Crippen LogP) is 6.64. The largest absolute Gasteiger partial charge is 0.478 e. The topological polar surface area (TPSA) is 57.6 Å². The highest BCUT2D eigenvalue weighted by atomic mass is 19.4. The van der Waals surface area contributed by atoms with Gasteiger partial charge in [0.05, 0.1) is 17.2 Å². The number of halogens is 6. The van der Waals surface area contributed by atoms with E-state index in [1.165, 1.54) is 13.1 Å². The van der Waals surface area contributed by atoms with E-state index in [4.69, 9.17) is 0 Å². The number of carboxylic acids is 1. The molecule has 3 aromatic carbocycles. The van der Waals surface area contributed by atoms with E-state index >= 15 is 0 Å². The lowest BCUT2D eigenvalue weighted by Crippen LogP contribution is -2.40. The number of aliphatic carboxylic acids is 1. The van der Waals surface area contributed by atoms with E-state index in [2.05, 4.69) is 0 Å². The number of hydrogen-bond donors (Lipinski definition) is 1. The van der Waals surface area contributed by atoms with Crippen LogP contribution < -0.4 is 0 Å². The van der Waals surface area contributed by atoms with Crippen molar-refractivity contribution in [2.75, 3.05) is 7.05 Å². The van der Waals surface area contributed by atoms with Gasteiger partial charge in [-0.2, -0.15) is 26.3 Å². The molecule has 0 aromatic heterocycles. The van der Waals surface area contributed by atoms with Crippen LogP contribution in [0.3, 0.4) is 0 Å². The van der Waals surface area contributed by atoms with E-state index in [1.807, 2.05) is 0 Å². The number of carbonyl (C=O) groups excluding carboxylic acids is 1. The second-order valence-electron chi connectivity index (χ2n) is 8.20. The molecule has 0 aliphatic heterocycles. The van der Waals surface area contributed by atoms with Crippen molar-refractivity contribution >= 4 is 11.9 Å². The van der Waals surface area contributed by atoms with Gasteiger partial charge in [0, 0.05) is 24.6 Å². The number of hydrogen-bond acceptors (Lipinski definition) is 2. The molecule has 0 spiro atoms. The Morgan fingerprint density at radius 2 is 1.22 bits per heavy atom. The molecule has 3 aromatic rings. The summed E-state index contributed by atoms with van der Waals surface area (Å²) in [4.78, 5) is 25.6. The second-order valence-corrected chi connectivity index (χ2v) is 8.20. The normalized spacial score (nSPS) is 13.1. The fourth-order valence-corrected chi connectivity index (χ4v) is 3.97. The number of carboxylic acid groups (broad SMARTS) is 1. The lowest BCUT2D eigenvalue weighted by Gasteiger charge is -2.34. The molecule has 1 atom stereocenters. The van der Waals surface area contributed by atoms with Crippen molar-refractivity contribution in [1.82, 2.24) is 4.90 Å². The third kappa shape index (κ3) is 6.78. The summed E-state index contributed by atoms with van der Waals surface area (Å²) in [6.45, 7) is 0. The minimum absolute atomic E-state index is 0.0602. The molecule has 10 heteroatoms. The first-order valence-corrected chi connectivity index (χ1v) is 10.9. The van der Waals surface area contributed by atoms with Crippen LogP contribution in [0.1, 0.15) is 38.5 Å². The molecule has 0 aliphatic rings. The van der Waals surface area contributed by atoms with Gasteiger partial charge in [-0.15, -0.1) is 0 Å². The number of carbonyl (C=O) groups is 2. The van der Waals surface area contributed by atoms with Crippen molar-refractivity contribution in [3.05, 3.63) is 119 Å². The van der Waals surface area contributed by atoms with Crippen LogP contribution in [0, 0.1) is 0 Å². The zero-order valence-corrected chi connectivity index (χ0v) is 19.3. The number of likely N-dealkylation sites (N-methyl/N-ethyl adjacent to an activating group) is 1. The Morgan fingerprint density at radius 1 is 0.784 bits per heavy atom. The zero-order valence-electron chi connectivity index (χ0n) is 19.3. The van der Waals surface area contributed by atoms with Gasteiger partial charge < -0.3 is 10.0 Å². The summed E-state index contributed by atoms with van der Waals surface area (Å²) in [5, 5.41) is 9.23. The molecule has 1 N–H and O–H groups in total. The molecule has 0 bridgehead atoms. The maximum absolute atomic E-state index is 13.4. The molecule has 0 heterocycles. The molecule has 0 unspecified atom stereocenters. The van der Waals surface area contributed by atoms with E-state index in [0.717, 1.165) is 11.0 Å². The van der Waals surface area contributed by atoms with Gasteiger partial charge in [0.15, 0.2) is 0 Å². The molecule has 4 nitrogen and oxygen atoms in total. The van der Waals surface area contributed by atoms with Crippen LogP contribution in [0.4, 0.5) is 26.3 Å². The highest BCUT2D eigenvalue weighted by Gasteiger charge is 2.38. The Balaban J connectivity index is 2.17. The van der Waals surface area contributed by atoms with Gasteiger partial charge in [0.1, 0.15) is 0 Å². The maximum Gasteiger partial charge on any atom is 0.416 e. The van der Waals surface area contributed by atoms with Crippen LogP contribution in [-0.2, 0) is 17.1 Å². The molecule has 37 heavy (non-hydrogen) atoms. The van der Waals surface area contributed by atoms with Gasteiger partial charge in [-0.25, -0.2) is 4.79 Å².